The lowest BCUT2D eigenvalue weighted by Gasteiger charge is -2.17. The molecule has 1 aromatic heterocycles. The van der Waals surface area contributed by atoms with Gasteiger partial charge < -0.3 is 23.7 Å². The summed E-state index contributed by atoms with van der Waals surface area (Å²) in [5.74, 6) is 0.409. The summed E-state index contributed by atoms with van der Waals surface area (Å²) in [4.78, 5) is 0. The van der Waals surface area contributed by atoms with E-state index >= 15 is 0 Å². The van der Waals surface area contributed by atoms with Gasteiger partial charge in [0.15, 0.2) is 0 Å². The second-order valence-electron chi connectivity index (χ2n) is 7.38. The molecule has 0 saturated carbocycles. The highest BCUT2D eigenvalue weighted by molar-refractivity contribution is 6.11. The van der Waals surface area contributed by atoms with Crippen LogP contribution in [0.4, 0.5) is 0 Å². The van der Waals surface area contributed by atoms with Gasteiger partial charge in [-0.15, -0.1) is 5.10 Å². The molecule has 0 spiro atoms. The Hall–Kier alpha value is -0.930. The lowest BCUT2D eigenvalue weighted by atomic mass is 9.88. The molecule has 2 aliphatic heterocycles. The zero-order valence-electron chi connectivity index (χ0n) is 16.2. The SMILES string of the molecule is B[C@H]1C[C@@H](Cc2cn(COC[C@H]3O[C@@H](B)C[C@H]3OC)nn2)[C@@H](COC)O1. The molecule has 0 N–H and O–H groups in total. The molecule has 144 valence electrons. The summed E-state index contributed by atoms with van der Waals surface area (Å²) in [7, 11) is 7.58. The van der Waals surface area contributed by atoms with Crippen molar-refractivity contribution in [2.24, 2.45) is 5.92 Å². The average molecular weight is 365 g/mol. The monoisotopic (exact) mass is 365 g/mol. The number of hydrogen-bond donors (Lipinski definition) is 0. The zero-order chi connectivity index (χ0) is 18.5. The topological polar surface area (TPSA) is 76.9 Å². The molecule has 26 heavy (non-hydrogen) atoms. The number of nitrogens with zero attached hydrogens (tertiary/aromatic N) is 3. The van der Waals surface area contributed by atoms with E-state index in [1.165, 1.54) is 0 Å². The van der Waals surface area contributed by atoms with Crippen molar-refractivity contribution < 1.29 is 23.7 Å². The molecule has 0 aliphatic carbocycles. The van der Waals surface area contributed by atoms with Crippen LogP contribution >= 0.6 is 0 Å². The maximum atomic E-state index is 5.91. The summed E-state index contributed by atoms with van der Waals surface area (Å²) in [6, 6.07) is 0.476. The molecule has 0 unspecified atom stereocenters. The van der Waals surface area contributed by atoms with Gasteiger partial charge in [0.05, 0.1) is 37.3 Å². The highest BCUT2D eigenvalue weighted by atomic mass is 16.6. The number of ether oxygens (including phenoxy) is 5. The highest BCUT2D eigenvalue weighted by Crippen LogP contribution is 2.28. The highest BCUT2D eigenvalue weighted by Gasteiger charge is 2.34. The second-order valence-corrected chi connectivity index (χ2v) is 7.38. The predicted octanol–water partition coefficient (Wildman–Crippen LogP) is -1.43. The number of hydrogen-bond acceptors (Lipinski definition) is 7. The molecule has 3 heterocycles. The summed E-state index contributed by atoms with van der Waals surface area (Å²) >= 11 is 0. The Morgan fingerprint density at radius 3 is 2.69 bits per heavy atom. The second kappa shape index (κ2) is 9.32. The van der Waals surface area contributed by atoms with Gasteiger partial charge >= 0.3 is 0 Å². The van der Waals surface area contributed by atoms with Crippen LogP contribution in [0.25, 0.3) is 0 Å². The minimum atomic E-state index is -0.0232. The normalized spacial score (nSPS) is 34.5. The molecule has 8 nitrogen and oxygen atoms in total. The van der Waals surface area contributed by atoms with Crippen molar-refractivity contribution in [2.45, 2.75) is 56.3 Å². The molecule has 3 rings (SSSR count). The number of aromatic nitrogens is 3. The maximum absolute atomic E-state index is 5.91. The third-order valence-electron chi connectivity index (χ3n) is 5.15. The van der Waals surface area contributed by atoms with Gasteiger partial charge in [-0.3, -0.25) is 0 Å². The molecule has 0 amide bonds. The van der Waals surface area contributed by atoms with Gasteiger partial charge in [-0.1, -0.05) is 5.21 Å². The van der Waals surface area contributed by atoms with E-state index in [-0.39, 0.29) is 30.3 Å². The smallest absolute Gasteiger partial charge is 0.141 e. The molecule has 0 aromatic carbocycles. The Labute approximate surface area is 156 Å². The van der Waals surface area contributed by atoms with E-state index < -0.39 is 0 Å². The van der Waals surface area contributed by atoms with Crippen LogP contribution in [0.15, 0.2) is 6.20 Å². The van der Waals surface area contributed by atoms with Crippen molar-refractivity contribution in [3.05, 3.63) is 11.9 Å². The number of rotatable bonds is 9. The van der Waals surface area contributed by atoms with E-state index in [1.807, 2.05) is 6.20 Å². The maximum Gasteiger partial charge on any atom is 0.141 e. The van der Waals surface area contributed by atoms with Crippen LogP contribution in [-0.2, 0) is 36.8 Å². The van der Waals surface area contributed by atoms with Gasteiger partial charge in [0, 0.05) is 26.2 Å². The third-order valence-corrected chi connectivity index (χ3v) is 5.15. The molecular formula is C16H29B2N3O5. The predicted molar refractivity (Wildman–Crippen MR) is 99.5 cm³/mol. The van der Waals surface area contributed by atoms with E-state index in [0.717, 1.165) is 25.0 Å². The Kier molecular flexibility index (Phi) is 7.11. The Morgan fingerprint density at radius 1 is 1.15 bits per heavy atom. The van der Waals surface area contributed by atoms with Gasteiger partial charge in [-0.05, 0) is 25.2 Å². The fourth-order valence-electron chi connectivity index (χ4n) is 3.94. The summed E-state index contributed by atoms with van der Waals surface area (Å²) < 4.78 is 29.9. The Balaban J connectivity index is 1.44. The first-order valence-electron chi connectivity index (χ1n) is 9.38. The fraction of sp³-hybridized carbons (Fsp3) is 0.875. The molecule has 2 aliphatic rings. The quantitative estimate of drug-likeness (QED) is 0.497. The first-order chi connectivity index (χ1) is 12.6. The van der Waals surface area contributed by atoms with E-state index in [1.54, 1.807) is 18.9 Å². The molecular weight excluding hydrogens is 336 g/mol. The van der Waals surface area contributed by atoms with Gasteiger partial charge in [-0.25, -0.2) is 4.68 Å². The largest absolute Gasteiger partial charge is 0.382 e. The van der Waals surface area contributed by atoms with Crippen LogP contribution in [-0.4, -0.2) is 88.4 Å². The molecule has 1 aromatic rings. The van der Waals surface area contributed by atoms with Gasteiger partial charge in [0.25, 0.3) is 0 Å². The molecule has 0 radical (unpaired) electrons. The first kappa shape index (κ1) is 19.8. The van der Waals surface area contributed by atoms with Crippen LogP contribution in [0.3, 0.4) is 0 Å². The van der Waals surface area contributed by atoms with Gasteiger partial charge in [0.1, 0.15) is 28.5 Å². The van der Waals surface area contributed by atoms with Crippen LogP contribution < -0.4 is 0 Å². The Bertz CT molecular complexity index is 564. The zero-order valence-corrected chi connectivity index (χ0v) is 16.2. The van der Waals surface area contributed by atoms with E-state index in [2.05, 4.69) is 26.0 Å². The van der Waals surface area contributed by atoms with Crippen LogP contribution in [0.5, 0.6) is 0 Å². The molecule has 2 fully saturated rings. The van der Waals surface area contributed by atoms with Crippen molar-refractivity contribution in [2.75, 3.05) is 27.4 Å². The van der Waals surface area contributed by atoms with Gasteiger partial charge in [0.2, 0.25) is 0 Å². The lowest BCUT2D eigenvalue weighted by Crippen LogP contribution is -2.28. The van der Waals surface area contributed by atoms with Crippen LogP contribution in [0.2, 0.25) is 0 Å². The van der Waals surface area contributed by atoms with Gasteiger partial charge in [-0.2, -0.15) is 0 Å². The summed E-state index contributed by atoms with van der Waals surface area (Å²) in [5, 5.41) is 8.44. The van der Waals surface area contributed by atoms with Crippen molar-refractivity contribution in [3.8, 4) is 0 Å². The molecule has 6 atom stereocenters. The van der Waals surface area contributed by atoms with E-state index in [4.69, 9.17) is 23.7 Å². The van der Waals surface area contributed by atoms with Crippen molar-refractivity contribution >= 4 is 15.7 Å². The summed E-state index contributed by atoms with van der Waals surface area (Å²) in [5.41, 5.74) is 0.956. The standard InChI is InChI=1S/C16H29B2N3O5/c1-22-7-13-10(4-15(17)25-13)3-11-6-21(20-19-11)9-24-8-14-12(23-2)5-16(18)26-14/h6,10,12-16H,3-5,7-9,17-18H2,1-2H3/t10-,12-,13-,14-,15-,16-/m1/s1. The van der Waals surface area contributed by atoms with E-state index in [0.29, 0.717) is 25.9 Å². The number of methoxy groups -OCH3 is 2. The first-order valence-corrected chi connectivity index (χ1v) is 9.38. The van der Waals surface area contributed by atoms with Crippen LogP contribution in [0.1, 0.15) is 18.5 Å². The third kappa shape index (κ3) is 5.07. The van der Waals surface area contributed by atoms with Crippen molar-refractivity contribution in [3.63, 3.8) is 0 Å². The molecule has 10 heteroatoms. The molecule has 0 bridgehead atoms. The lowest BCUT2D eigenvalue weighted by molar-refractivity contribution is -0.0589. The summed E-state index contributed by atoms with van der Waals surface area (Å²) in [6.07, 6.45) is 4.91. The van der Waals surface area contributed by atoms with Crippen molar-refractivity contribution in [1.29, 1.82) is 0 Å². The minimum absolute atomic E-state index is 0.0232. The Morgan fingerprint density at radius 2 is 1.92 bits per heavy atom. The fourth-order valence-corrected chi connectivity index (χ4v) is 3.94. The van der Waals surface area contributed by atoms with Crippen LogP contribution in [0, 0.1) is 5.92 Å². The minimum Gasteiger partial charge on any atom is -0.382 e. The summed E-state index contributed by atoms with van der Waals surface area (Å²) in [6.45, 7) is 1.46. The molecule has 2 saturated heterocycles. The van der Waals surface area contributed by atoms with Crippen molar-refractivity contribution in [1.82, 2.24) is 15.0 Å². The van der Waals surface area contributed by atoms with E-state index in [9.17, 15) is 0 Å². The average Bonchev–Trinajstić information content (AvgIpc) is 3.28.